The fraction of sp³-hybridized carbons (Fsp3) is 0.130. The Morgan fingerprint density at radius 3 is 2.39 bits per heavy atom. The molecule has 0 bridgehead atoms. The van der Waals surface area contributed by atoms with Gasteiger partial charge in [0.25, 0.3) is 0 Å². The highest BCUT2D eigenvalue weighted by Crippen LogP contribution is 2.20. The van der Waals surface area contributed by atoms with E-state index in [-0.39, 0.29) is 24.3 Å². The van der Waals surface area contributed by atoms with Gasteiger partial charge in [0.05, 0.1) is 12.2 Å². The molecule has 1 amide bonds. The van der Waals surface area contributed by atoms with Gasteiger partial charge in [0, 0.05) is 22.2 Å². The summed E-state index contributed by atoms with van der Waals surface area (Å²) < 4.78 is 0. The number of hydrogen-bond donors (Lipinski definition) is 2. The Morgan fingerprint density at radius 2 is 1.64 bits per heavy atom. The van der Waals surface area contributed by atoms with Crippen LogP contribution in [0.4, 0.5) is 5.69 Å². The average molecular weight is 393 g/mol. The Morgan fingerprint density at radius 1 is 0.929 bits per heavy atom. The number of rotatable bonds is 7. The van der Waals surface area contributed by atoms with Crippen molar-refractivity contribution in [2.75, 3.05) is 11.9 Å². The second-order valence-corrected chi connectivity index (χ2v) is 6.88. The van der Waals surface area contributed by atoms with Gasteiger partial charge in [-0.05, 0) is 36.8 Å². The van der Waals surface area contributed by atoms with Gasteiger partial charge in [-0.25, -0.2) is 0 Å². The van der Waals surface area contributed by atoms with Crippen molar-refractivity contribution in [3.8, 4) is 0 Å². The minimum absolute atomic E-state index is 0.0364. The van der Waals surface area contributed by atoms with Gasteiger partial charge in [0.15, 0.2) is 5.78 Å². The first kappa shape index (κ1) is 19.8. The lowest BCUT2D eigenvalue weighted by molar-refractivity contribution is -0.115. The predicted molar refractivity (Wildman–Crippen MR) is 113 cm³/mol. The first-order valence-corrected chi connectivity index (χ1v) is 9.40. The Hall–Kier alpha value is -2.95. The summed E-state index contributed by atoms with van der Waals surface area (Å²) in [6.07, 6.45) is 0. The van der Waals surface area contributed by atoms with Gasteiger partial charge in [0.1, 0.15) is 0 Å². The molecule has 1 atom stereocenters. The Bertz CT molecular complexity index is 973. The van der Waals surface area contributed by atoms with Crippen molar-refractivity contribution in [3.63, 3.8) is 0 Å². The SMILES string of the molecule is CC(NCC(=O)Nc1ccccc1C(=O)c1ccccc1)c1cccc(Cl)c1. The summed E-state index contributed by atoms with van der Waals surface area (Å²) in [6.45, 7) is 2.08. The Balaban J connectivity index is 1.65. The summed E-state index contributed by atoms with van der Waals surface area (Å²) in [5.41, 5.74) is 2.54. The summed E-state index contributed by atoms with van der Waals surface area (Å²) in [5, 5.41) is 6.66. The van der Waals surface area contributed by atoms with Gasteiger partial charge in [-0.1, -0.05) is 66.2 Å². The van der Waals surface area contributed by atoms with E-state index >= 15 is 0 Å². The van der Waals surface area contributed by atoms with Crippen LogP contribution in [0.5, 0.6) is 0 Å². The van der Waals surface area contributed by atoms with Crippen molar-refractivity contribution in [1.82, 2.24) is 5.32 Å². The molecule has 5 heteroatoms. The molecule has 0 spiro atoms. The van der Waals surface area contributed by atoms with E-state index in [0.29, 0.717) is 21.8 Å². The maximum Gasteiger partial charge on any atom is 0.238 e. The smallest absolute Gasteiger partial charge is 0.238 e. The van der Waals surface area contributed by atoms with Crippen molar-refractivity contribution in [1.29, 1.82) is 0 Å². The van der Waals surface area contributed by atoms with Gasteiger partial charge in [-0.3, -0.25) is 9.59 Å². The monoisotopic (exact) mass is 392 g/mol. The third-order valence-electron chi connectivity index (χ3n) is 4.40. The molecule has 0 radical (unpaired) electrons. The molecule has 0 aromatic heterocycles. The minimum Gasteiger partial charge on any atom is -0.324 e. The first-order valence-electron chi connectivity index (χ1n) is 9.02. The van der Waals surface area contributed by atoms with E-state index in [1.165, 1.54) is 0 Å². The Labute approximate surface area is 169 Å². The average Bonchev–Trinajstić information content (AvgIpc) is 2.72. The van der Waals surface area contributed by atoms with Crippen LogP contribution < -0.4 is 10.6 Å². The maximum atomic E-state index is 12.8. The highest BCUT2D eigenvalue weighted by molar-refractivity contribution is 6.30. The van der Waals surface area contributed by atoms with Crippen LogP contribution in [-0.4, -0.2) is 18.2 Å². The number of ketones is 1. The molecule has 4 nitrogen and oxygen atoms in total. The van der Waals surface area contributed by atoms with Crippen LogP contribution in [0.25, 0.3) is 0 Å². The minimum atomic E-state index is -0.220. The fourth-order valence-electron chi connectivity index (χ4n) is 2.87. The van der Waals surface area contributed by atoms with E-state index < -0.39 is 0 Å². The molecule has 3 rings (SSSR count). The molecule has 0 heterocycles. The summed E-state index contributed by atoms with van der Waals surface area (Å²) in [5.74, 6) is -0.348. The highest BCUT2D eigenvalue weighted by Gasteiger charge is 2.15. The molecule has 3 aromatic rings. The molecule has 1 unspecified atom stereocenters. The van der Waals surface area contributed by atoms with Crippen LogP contribution in [0.3, 0.4) is 0 Å². The molecule has 2 N–H and O–H groups in total. The van der Waals surface area contributed by atoms with Gasteiger partial charge in [0.2, 0.25) is 5.91 Å². The van der Waals surface area contributed by atoms with Crippen LogP contribution >= 0.6 is 11.6 Å². The molecule has 3 aromatic carbocycles. The second kappa shape index (κ2) is 9.31. The normalized spacial score (nSPS) is 11.6. The number of carbonyl (C=O) groups excluding carboxylic acids is 2. The van der Waals surface area contributed by atoms with Gasteiger partial charge in [-0.15, -0.1) is 0 Å². The van der Waals surface area contributed by atoms with Gasteiger partial charge < -0.3 is 10.6 Å². The van der Waals surface area contributed by atoms with Crippen molar-refractivity contribution >= 4 is 29.0 Å². The quantitative estimate of drug-likeness (QED) is 0.564. The van der Waals surface area contributed by atoms with Crippen molar-refractivity contribution in [3.05, 3.63) is 101 Å². The highest BCUT2D eigenvalue weighted by atomic mass is 35.5. The maximum absolute atomic E-state index is 12.8. The topological polar surface area (TPSA) is 58.2 Å². The van der Waals surface area contributed by atoms with Crippen LogP contribution in [0, 0.1) is 0 Å². The number of para-hydroxylation sites is 1. The number of hydrogen-bond acceptors (Lipinski definition) is 3. The predicted octanol–water partition coefficient (Wildman–Crippen LogP) is 4.86. The molecule has 0 aliphatic heterocycles. The lowest BCUT2D eigenvalue weighted by atomic mass is 10.0. The molecule has 0 aliphatic carbocycles. The third kappa shape index (κ3) is 5.06. The zero-order chi connectivity index (χ0) is 19.9. The summed E-state index contributed by atoms with van der Waals surface area (Å²) in [4.78, 5) is 25.2. The first-order chi connectivity index (χ1) is 13.5. The number of anilines is 1. The molecule has 142 valence electrons. The molecule has 0 saturated heterocycles. The standard InChI is InChI=1S/C23H21ClN2O2/c1-16(18-10-7-11-19(24)14-18)25-15-22(27)26-21-13-6-5-12-20(21)23(28)17-8-3-2-4-9-17/h2-14,16,25H,15H2,1H3,(H,26,27). The van der Waals surface area contributed by atoms with E-state index in [1.54, 1.807) is 36.4 Å². The van der Waals surface area contributed by atoms with E-state index in [1.807, 2.05) is 49.4 Å². The zero-order valence-electron chi connectivity index (χ0n) is 15.5. The van der Waals surface area contributed by atoms with Crippen LogP contribution in [0.15, 0.2) is 78.9 Å². The lowest BCUT2D eigenvalue weighted by Crippen LogP contribution is -2.30. The van der Waals surface area contributed by atoms with E-state index in [9.17, 15) is 9.59 Å². The van der Waals surface area contributed by atoms with Crippen LogP contribution in [0.1, 0.15) is 34.5 Å². The summed E-state index contributed by atoms with van der Waals surface area (Å²) in [7, 11) is 0. The third-order valence-corrected chi connectivity index (χ3v) is 4.63. The van der Waals surface area contributed by atoms with Crippen LogP contribution in [0.2, 0.25) is 5.02 Å². The van der Waals surface area contributed by atoms with Crippen LogP contribution in [-0.2, 0) is 4.79 Å². The lowest BCUT2D eigenvalue weighted by Gasteiger charge is -2.15. The number of halogens is 1. The van der Waals surface area contributed by atoms with Crippen molar-refractivity contribution in [2.45, 2.75) is 13.0 Å². The number of nitrogens with one attached hydrogen (secondary N) is 2. The van der Waals surface area contributed by atoms with Gasteiger partial charge >= 0.3 is 0 Å². The molecule has 28 heavy (non-hydrogen) atoms. The molecular formula is C23H21ClN2O2. The van der Waals surface area contributed by atoms with E-state index in [0.717, 1.165) is 5.56 Å². The molecule has 0 fully saturated rings. The summed E-state index contributed by atoms with van der Waals surface area (Å²) >= 11 is 6.02. The Kier molecular flexibility index (Phi) is 6.58. The van der Waals surface area contributed by atoms with Crippen molar-refractivity contribution in [2.24, 2.45) is 0 Å². The van der Waals surface area contributed by atoms with E-state index in [4.69, 9.17) is 11.6 Å². The second-order valence-electron chi connectivity index (χ2n) is 6.45. The van der Waals surface area contributed by atoms with Gasteiger partial charge in [-0.2, -0.15) is 0 Å². The number of benzene rings is 3. The van der Waals surface area contributed by atoms with Crippen molar-refractivity contribution < 1.29 is 9.59 Å². The molecule has 0 saturated carbocycles. The molecule has 0 aliphatic rings. The summed E-state index contributed by atoms with van der Waals surface area (Å²) in [6, 6.07) is 23.5. The number of carbonyl (C=O) groups is 2. The largest absolute Gasteiger partial charge is 0.324 e. The van der Waals surface area contributed by atoms with E-state index in [2.05, 4.69) is 10.6 Å². The zero-order valence-corrected chi connectivity index (χ0v) is 16.2. The fourth-order valence-corrected chi connectivity index (χ4v) is 3.07. The molecular weight excluding hydrogens is 372 g/mol. The number of amides is 1.